The first kappa shape index (κ1) is 20.3. The van der Waals surface area contributed by atoms with Crippen molar-refractivity contribution in [3.8, 4) is 5.75 Å². The van der Waals surface area contributed by atoms with Gasteiger partial charge in [-0.25, -0.2) is 0 Å². The van der Waals surface area contributed by atoms with Gasteiger partial charge in [0.1, 0.15) is 5.75 Å². The standard InChI is InChI=1S/C21H27ClN2O2/c1-15(2)26-19-11-7-17(8-12-19)21(25)23-20(13-14-24(3)4)16-5-9-18(22)10-6-16/h5-12,15,20H,13-14H2,1-4H3,(H,23,25). The van der Waals surface area contributed by atoms with Crippen molar-refractivity contribution in [1.29, 1.82) is 0 Å². The molecule has 1 unspecified atom stereocenters. The van der Waals surface area contributed by atoms with Crippen molar-refractivity contribution in [1.82, 2.24) is 10.2 Å². The maximum absolute atomic E-state index is 12.7. The summed E-state index contributed by atoms with van der Waals surface area (Å²) in [6, 6.07) is 14.8. The van der Waals surface area contributed by atoms with E-state index >= 15 is 0 Å². The fraction of sp³-hybridized carbons (Fsp3) is 0.381. The van der Waals surface area contributed by atoms with Gasteiger partial charge in [0.2, 0.25) is 0 Å². The number of carbonyl (C=O) groups excluding carboxylic acids is 1. The van der Waals surface area contributed by atoms with Crippen LogP contribution in [0.4, 0.5) is 0 Å². The lowest BCUT2D eigenvalue weighted by Crippen LogP contribution is -2.31. The molecule has 0 aliphatic rings. The molecule has 0 fully saturated rings. The molecule has 0 radical (unpaired) electrons. The van der Waals surface area contributed by atoms with Crippen molar-refractivity contribution in [2.75, 3.05) is 20.6 Å². The third-order valence-corrected chi connectivity index (χ3v) is 4.18. The van der Waals surface area contributed by atoms with E-state index in [4.69, 9.17) is 16.3 Å². The first-order valence-corrected chi connectivity index (χ1v) is 9.20. The highest BCUT2D eigenvalue weighted by Crippen LogP contribution is 2.21. The normalized spacial score (nSPS) is 12.3. The SMILES string of the molecule is CC(C)Oc1ccc(C(=O)NC(CCN(C)C)c2ccc(Cl)cc2)cc1. The van der Waals surface area contributed by atoms with Crippen LogP contribution in [0, 0.1) is 0 Å². The Balaban J connectivity index is 2.10. The smallest absolute Gasteiger partial charge is 0.251 e. The zero-order chi connectivity index (χ0) is 19.1. The van der Waals surface area contributed by atoms with Gasteiger partial charge in [-0.05, 0) is 82.9 Å². The fourth-order valence-corrected chi connectivity index (χ4v) is 2.73. The van der Waals surface area contributed by atoms with Crippen LogP contribution in [-0.4, -0.2) is 37.6 Å². The van der Waals surface area contributed by atoms with Crippen LogP contribution in [0.1, 0.15) is 42.2 Å². The van der Waals surface area contributed by atoms with Crippen LogP contribution in [0.2, 0.25) is 5.02 Å². The number of hydrogen-bond donors (Lipinski definition) is 1. The molecule has 0 spiro atoms. The minimum Gasteiger partial charge on any atom is -0.491 e. The lowest BCUT2D eigenvalue weighted by Gasteiger charge is -2.21. The topological polar surface area (TPSA) is 41.6 Å². The average molecular weight is 375 g/mol. The van der Waals surface area contributed by atoms with Crippen LogP contribution in [0.5, 0.6) is 5.75 Å². The van der Waals surface area contributed by atoms with Gasteiger partial charge >= 0.3 is 0 Å². The van der Waals surface area contributed by atoms with Crippen molar-refractivity contribution in [2.45, 2.75) is 32.4 Å². The van der Waals surface area contributed by atoms with Crippen LogP contribution < -0.4 is 10.1 Å². The fourth-order valence-electron chi connectivity index (χ4n) is 2.60. The molecule has 2 aromatic rings. The van der Waals surface area contributed by atoms with Gasteiger partial charge in [0, 0.05) is 10.6 Å². The molecule has 5 heteroatoms. The zero-order valence-corrected chi connectivity index (χ0v) is 16.6. The molecule has 26 heavy (non-hydrogen) atoms. The predicted molar refractivity (Wildman–Crippen MR) is 107 cm³/mol. The van der Waals surface area contributed by atoms with E-state index in [0.29, 0.717) is 10.6 Å². The first-order valence-electron chi connectivity index (χ1n) is 8.83. The Kier molecular flexibility index (Phi) is 7.49. The van der Waals surface area contributed by atoms with Gasteiger partial charge in [0.05, 0.1) is 12.1 Å². The molecule has 0 aliphatic carbocycles. The van der Waals surface area contributed by atoms with Crippen molar-refractivity contribution in [2.24, 2.45) is 0 Å². The number of benzene rings is 2. The van der Waals surface area contributed by atoms with E-state index < -0.39 is 0 Å². The number of nitrogens with one attached hydrogen (secondary N) is 1. The molecule has 1 N–H and O–H groups in total. The number of halogens is 1. The third kappa shape index (κ3) is 6.36. The summed E-state index contributed by atoms with van der Waals surface area (Å²) in [4.78, 5) is 14.8. The first-order chi connectivity index (χ1) is 12.3. The van der Waals surface area contributed by atoms with E-state index in [9.17, 15) is 4.79 Å². The van der Waals surface area contributed by atoms with E-state index in [1.165, 1.54) is 0 Å². The van der Waals surface area contributed by atoms with Gasteiger partial charge < -0.3 is 15.0 Å². The zero-order valence-electron chi connectivity index (χ0n) is 15.8. The van der Waals surface area contributed by atoms with Crippen LogP contribution in [-0.2, 0) is 0 Å². The van der Waals surface area contributed by atoms with E-state index in [-0.39, 0.29) is 18.1 Å². The molecule has 1 atom stereocenters. The molecule has 0 bridgehead atoms. The van der Waals surface area contributed by atoms with Gasteiger partial charge in [-0.2, -0.15) is 0 Å². The van der Waals surface area contributed by atoms with Crippen LogP contribution in [0.25, 0.3) is 0 Å². The summed E-state index contributed by atoms with van der Waals surface area (Å²) in [7, 11) is 4.04. The van der Waals surface area contributed by atoms with Gasteiger partial charge in [0.25, 0.3) is 5.91 Å². The largest absolute Gasteiger partial charge is 0.491 e. The molecular formula is C21H27ClN2O2. The molecule has 0 aliphatic heterocycles. The molecule has 2 aromatic carbocycles. The molecule has 0 saturated carbocycles. The summed E-state index contributed by atoms with van der Waals surface area (Å²) in [5.41, 5.74) is 1.66. The van der Waals surface area contributed by atoms with E-state index in [1.807, 2.05) is 64.3 Å². The Hall–Kier alpha value is -2.04. The summed E-state index contributed by atoms with van der Waals surface area (Å²) in [5.74, 6) is 0.665. The summed E-state index contributed by atoms with van der Waals surface area (Å²) in [6.45, 7) is 4.82. The number of nitrogens with zero attached hydrogens (tertiary/aromatic N) is 1. The minimum atomic E-state index is -0.0974. The van der Waals surface area contributed by atoms with Crippen LogP contribution >= 0.6 is 11.6 Å². The molecule has 0 aromatic heterocycles. The second-order valence-electron chi connectivity index (χ2n) is 6.86. The van der Waals surface area contributed by atoms with Gasteiger partial charge in [0.15, 0.2) is 0 Å². The van der Waals surface area contributed by atoms with Crippen LogP contribution in [0.15, 0.2) is 48.5 Å². The lowest BCUT2D eigenvalue weighted by atomic mass is 10.0. The maximum atomic E-state index is 12.7. The Bertz CT molecular complexity index is 697. The number of rotatable bonds is 8. The van der Waals surface area contributed by atoms with Crippen molar-refractivity contribution < 1.29 is 9.53 Å². The Labute approximate surface area is 161 Å². The molecule has 4 nitrogen and oxygen atoms in total. The Morgan fingerprint density at radius 3 is 2.23 bits per heavy atom. The van der Waals surface area contributed by atoms with Gasteiger partial charge in [-0.1, -0.05) is 23.7 Å². The third-order valence-electron chi connectivity index (χ3n) is 3.93. The summed E-state index contributed by atoms with van der Waals surface area (Å²) in [5, 5.41) is 3.82. The summed E-state index contributed by atoms with van der Waals surface area (Å²) in [6.07, 6.45) is 0.921. The van der Waals surface area contributed by atoms with E-state index in [2.05, 4.69) is 10.2 Å². The lowest BCUT2D eigenvalue weighted by molar-refractivity contribution is 0.0932. The Morgan fingerprint density at radius 1 is 1.08 bits per heavy atom. The van der Waals surface area contributed by atoms with Crippen LogP contribution in [0.3, 0.4) is 0 Å². The number of carbonyl (C=O) groups is 1. The van der Waals surface area contributed by atoms with Gasteiger partial charge in [-0.3, -0.25) is 4.79 Å². The Morgan fingerprint density at radius 2 is 1.69 bits per heavy atom. The minimum absolute atomic E-state index is 0.0752. The number of hydrogen-bond acceptors (Lipinski definition) is 3. The average Bonchev–Trinajstić information content (AvgIpc) is 2.59. The van der Waals surface area contributed by atoms with E-state index in [1.54, 1.807) is 12.1 Å². The molecule has 0 heterocycles. The van der Waals surface area contributed by atoms with Crippen molar-refractivity contribution >= 4 is 17.5 Å². The monoisotopic (exact) mass is 374 g/mol. The highest BCUT2D eigenvalue weighted by atomic mass is 35.5. The molecular weight excluding hydrogens is 348 g/mol. The number of amides is 1. The highest BCUT2D eigenvalue weighted by Gasteiger charge is 2.16. The quantitative estimate of drug-likeness (QED) is 0.737. The molecule has 2 rings (SSSR count). The van der Waals surface area contributed by atoms with Gasteiger partial charge in [-0.15, -0.1) is 0 Å². The van der Waals surface area contributed by atoms with Crippen molar-refractivity contribution in [3.05, 3.63) is 64.7 Å². The van der Waals surface area contributed by atoms with Crippen molar-refractivity contribution in [3.63, 3.8) is 0 Å². The predicted octanol–water partition coefficient (Wildman–Crippen LogP) is 4.55. The van der Waals surface area contributed by atoms with E-state index in [0.717, 1.165) is 24.3 Å². The number of ether oxygens (including phenoxy) is 1. The molecule has 1 amide bonds. The summed E-state index contributed by atoms with van der Waals surface area (Å²) < 4.78 is 5.63. The second kappa shape index (κ2) is 9.60. The molecule has 140 valence electrons. The summed E-state index contributed by atoms with van der Waals surface area (Å²) >= 11 is 5.99. The maximum Gasteiger partial charge on any atom is 0.251 e. The molecule has 0 saturated heterocycles. The second-order valence-corrected chi connectivity index (χ2v) is 7.30. The highest BCUT2D eigenvalue weighted by molar-refractivity contribution is 6.30.